The van der Waals surface area contributed by atoms with E-state index in [0.717, 1.165) is 23.4 Å². The van der Waals surface area contributed by atoms with Crippen LogP contribution < -0.4 is 0 Å². The lowest BCUT2D eigenvalue weighted by Gasteiger charge is -2.24. The molecule has 0 N–H and O–H groups in total. The van der Waals surface area contributed by atoms with Gasteiger partial charge in [0.15, 0.2) is 0 Å². The minimum absolute atomic E-state index is 0.156. The normalized spacial score (nSPS) is 12.1. The molecule has 3 rings (SSSR count). The Hall–Kier alpha value is -3.88. The van der Waals surface area contributed by atoms with Gasteiger partial charge >= 0.3 is 0 Å². The minimum atomic E-state index is -0.708. The summed E-state index contributed by atoms with van der Waals surface area (Å²) in [5, 5.41) is 15.1. The molecule has 0 bridgehead atoms. The summed E-state index contributed by atoms with van der Waals surface area (Å²) in [7, 11) is 1.64. The molecule has 2 aromatic carbocycles. The summed E-state index contributed by atoms with van der Waals surface area (Å²) in [5.41, 5.74) is 1.51. The van der Waals surface area contributed by atoms with Crippen LogP contribution >= 0.6 is 0 Å². The molecule has 0 saturated heterocycles. The monoisotopic (exact) mass is 395 g/mol. The molecule has 1 atom stereocenters. The first-order valence-electron chi connectivity index (χ1n) is 8.70. The van der Waals surface area contributed by atoms with E-state index in [1.165, 1.54) is 29.4 Å². The van der Waals surface area contributed by atoms with Crippen LogP contribution in [-0.2, 0) is 4.79 Å². The van der Waals surface area contributed by atoms with Crippen LogP contribution in [0.3, 0.4) is 0 Å². The van der Waals surface area contributed by atoms with E-state index in [4.69, 9.17) is 0 Å². The Morgan fingerprint density at radius 2 is 2.00 bits per heavy atom. The van der Waals surface area contributed by atoms with Gasteiger partial charge in [0.1, 0.15) is 18.5 Å². The van der Waals surface area contributed by atoms with E-state index in [2.05, 4.69) is 10.1 Å². The van der Waals surface area contributed by atoms with Gasteiger partial charge in [0.2, 0.25) is 5.91 Å². The molecule has 0 saturated carbocycles. The second-order valence-electron chi connectivity index (χ2n) is 6.35. The van der Waals surface area contributed by atoms with E-state index in [-0.39, 0.29) is 17.5 Å². The molecule has 1 heterocycles. The first-order valence-corrected chi connectivity index (χ1v) is 8.70. The Morgan fingerprint density at radius 3 is 2.62 bits per heavy atom. The number of carbonyl (C=O) groups is 1. The minimum Gasteiger partial charge on any atom is -0.335 e. The largest absolute Gasteiger partial charge is 0.335 e. The lowest BCUT2D eigenvalue weighted by molar-refractivity contribution is -0.385. The highest BCUT2D eigenvalue weighted by atomic mass is 19.1. The maximum absolute atomic E-state index is 13.2. The SMILES string of the molecule is CC(c1ccc(-n2cncn2)cc1)N(C)C(=O)C=Cc1ccc(F)cc1[N+](=O)[O-]. The van der Waals surface area contributed by atoms with Crippen LogP contribution in [-0.4, -0.2) is 37.5 Å². The lowest BCUT2D eigenvalue weighted by atomic mass is 10.1. The summed E-state index contributed by atoms with van der Waals surface area (Å²) in [6.45, 7) is 1.87. The number of aromatic nitrogens is 3. The molecule has 1 amide bonds. The van der Waals surface area contributed by atoms with Gasteiger partial charge in [-0.15, -0.1) is 0 Å². The van der Waals surface area contributed by atoms with Crippen molar-refractivity contribution in [1.82, 2.24) is 19.7 Å². The Bertz CT molecular complexity index is 1050. The Morgan fingerprint density at radius 1 is 1.28 bits per heavy atom. The van der Waals surface area contributed by atoms with Crippen molar-refractivity contribution in [3.63, 3.8) is 0 Å². The van der Waals surface area contributed by atoms with E-state index in [0.29, 0.717) is 0 Å². The van der Waals surface area contributed by atoms with E-state index < -0.39 is 16.4 Å². The molecule has 3 aromatic rings. The Kier molecular flexibility index (Phi) is 5.77. The highest BCUT2D eigenvalue weighted by molar-refractivity contribution is 5.92. The first-order chi connectivity index (χ1) is 13.9. The third-order valence-corrected chi connectivity index (χ3v) is 4.58. The van der Waals surface area contributed by atoms with E-state index in [9.17, 15) is 19.3 Å². The van der Waals surface area contributed by atoms with Gasteiger partial charge in [-0.1, -0.05) is 12.1 Å². The molecule has 0 aliphatic rings. The number of rotatable bonds is 6. The molecule has 0 radical (unpaired) electrons. The molecule has 0 spiro atoms. The number of halogens is 1. The number of nitro benzene ring substituents is 1. The number of benzene rings is 2. The highest BCUT2D eigenvalue weighted by Gasteiger charge is 2.17. The summed E-state index contributed by atoms with van der Waals surface area (Å²) >= 11 is 0. The molecule has 1 unspecified atom stereocenters. The predicted molar refractivity (Wildman–Crippen MR) is 105 cm³/mol. The summed E-state index contributed by atoms with van der Waals surface area (Å²) in [5.74, 6) is -1.04. The second-order valence-corrected chi connectivity index (χ2v) is 6.35. The highest BCUT2D eigenvalue weighted by Crippen LogP contribution is 2.23. The predicted octanol–water partition coefficient (Wildman–Crippen LogP) is 3.55. The van der Waals surface area contributed by atoms with E-state index >= 15 is 0 Å². The molecule has 148 valence electrons. The zero-order chi connectivity index (χ0) is 21.0. The van der Waals surface area contributed by atoms with Crippen molar-refractivity contribution < 1.29 is 14.1 Å². The summed E-state index contributed by atoms with van der Waals surface area (Å²) in [6, 6.07) is 10.5. The Labute approximate surface area is 166 Å². The van der Waals surface area contributed by atoms with Crippen LogP contribution in [0.15, 0.2) is 61.2 Å². The van der Waals surface area contributed by atoms with Crippen molar-refractivity contribution in [2.24, 2.45) is 0 Å². The number of carbonyl (C=O) groups excluding carboxylic acids is 1. The van der Waals surface area contributed by atoms with Crippen molar-refractivity contribution >= 4 is 17.7 Å². The number of hydrogen-bond acceptors (Lipinski definition) is 5. The molecule has 0 fully saturated rings. The van der Waals surface area contributed by atoms with Gasteiger partial charge in [-0.2, -0.15) is 5.10 Å². The topological polar surface area (TPSA) is 94.2 Å². The molecule has 1 aromatic heterocycles. The lowest BCUT2D eigenvalue weighted by Crippen LogP contribution is -2.28. The molecule has 0 aliphatic carbocycles. The van der Waals surface area contributed by atoms with Gasteiger partial charge in [-0.05, 0) is 42.8 Å². The quantitative estimate of drug-likeness (QED) is 0.361. The average molecular weight is 395 g/mol. The third kappa shape index (κ3) is 4.52. The summed E-state index contributed by atoms with van der Waals surface area (Å²) in [6.07, 6.45) is 5.59. The fraction of sp³-hybridized carbons (Fsp3) is 0.150. The van der Waals surface area contributed by atoms with Gasteiger partial charge in [0.25, 0.3) is 5.69 Å². The van der Waals surface area contributed by atoms with Crippen molar-refractivity contribution in [1.29, 1.82) is 0 Å². The van der Waals surface area contributed by atoms with Crippen LogP contribution in [0.1, 0.15) is 24.1 Å². The van der Waals surface area contributed by atoms with E-state index in [1.807, 2.05) is 31.2 Å². The fourth-order valence-corrected chi connectivity index (χ4v) is 2.76. The second kappa shape index (κ2) is 8.42. The molecule has 9 heteroatoms. The maximum atomic E-state index is 13.2. The number of likely N-dealkylation sites (N-methyl/N-ethyl adjacent to an activating group) is 1. The van der Waals surface area contributed by atoms with E-state index in [1.54, 1.807) is 18.1 Å². The standard InChI is InChI=1S/C20H18FN5O3/c1-14(15-4-8-18(9-5-15)25-13-22-12-23-25)24(2)20(27)10-6-16-3-7-17(21)11-19(16)26(28)29/h3-14H,1-2H3. The average Bonchev–Trinajstić information content (AvgIpc) is 3.26. The molecule has 8 nitrogen and oxygen atoms in total. The smallest absolute Gasteiger partial charge is 0.279 e. The van der Waals surface area contributed by atoms with Gasteiger partial charge in [-0.3, -0.25) is 14.9 Å². The fourth-order valence-electron chi connectivity index (χ4n) is 2.76. The van der Waals surface area contributed by atoms with Crippen LogP contribution in [0, 0.1) is 15.9 Å². The van der Waals surface area contributed by atoms with Crippen LogP contribution in [0.2, 0.25) is 0 Å². The van der Waals surface area contributed by atoms with Crippen molar-refractivity contribution in [3.8, 4) is 5.69 Å². The van der Waals surface area contributed by atoms with Crippen molar-refractivity contribution in [3.05, 3.63) is 88.3 Å². The summed E-state index contributed by atoms with van der Waals surface area (Å²) in [4.78, 5) is 28.3. The summed E-state index contributed by atoms with van der Waals surface area (Å²) < 4.78 is 14.9. The van der Waals surface area contributed by atoms with Crippen LogP contribution in [0.5, 0.6) is 0 Å². The van der Waals surface area contributed by atoms with Crippen LogP contribution in [0.25, 0.3) is 11.8 Å². The van der Waals surface area contributed by atoms with Crippen molar-refractivity contribution in [2.75, 3.05) is 7.05 Å². The zero-order valence-electron chi connectivity index (χ0n) is 15.8. The Balaban J connectivity index is 1.73. The third-order valence-electron chi connectivity index (χ3n) is 4.58. The number of nitro groups is 1. The van der Waals surface area contributed by atoms with Gasteiger partial charge in [0, 0.05) is 13.1 Å². The number of nitrogens with zero attached hydrogens (tertiary/aromatic N) is 5. The van der Waals surface area contributed by atoms with Crippen molar-refractivity contribution in [2.45, 2.75) is 13.0 Å². The van der Waals surface area contributed by atoms with Gasteiger partial charge < -0.3 is 4.90 Å². The van der Waals surface area contributed by atoms with Gasteiger partial charge in [0.05, 0.1) is 28.3 Å². The maximum Gasteiger partial charge on any atom is 0.279 e. The molecular formula is C20H18FN5O3. The van der Waals surface area contributed by atoms with Gasteiger partial charge in [-0.25, -0.2) is 14.1 Å². The molecular weight excluding hydrogens is 377 g/mol. The number of amides is 1. The molecule has 0 aliphatic heterocycles. The first kappa shape index (κ1) is 19.9. The zero-order valence-corrected chi connectivity index (χ0v) is 15.8. The van der Waals surface area contributed by atoms with Crippen LogP contribution in [0.4, 0.5) is 10.1 Å². The number of hydrogen-bond donors (Lipinski definition) is 0. The molecule has 29 heavy (non-hydrogen) atoms.